The molecule has 0 spiro atoms. The van der Waals surface area contributed by atoms with Crippen molar-refractivity contribution in [2.45, 2.75) is 18.9 Å². The van der Waals surface area contributed by atoms with E-state index in [1.54, 1.807) is 6.08 Å². The molecule has 66 valence electrons. The van der Waals surface area contributed by atoms with Crippen LogP contribution in [0.4, 0.5) is 0 Å². The van der Waals surface area contributed by atoms with Crippen LogP contribution in [-0.4, -0.2) is 17.3 Å². The van der Waals surface area contributed by atoms with Crippen LogP contribution in [0.1, 0.15) is 12.8 Å². The Labute approximate surface area is 74.4 Å². The summed E-state index contributed by atoms with van der Waals surface area (Å²) in [5, 5.41) is 11.0. The average Bonchev–Trinajstić information content (AvgIpc) is 2.03. The Morgan fingerprint density at radius 2 is 2.42 bits per heavy atom. The maximum atomic E-state index is 10.4. The minimum Gasteiger partial charge on any atom is -0.303 e. The van der Waals surface area contributed by atoms with Crippen LogP contribution in [0.15, 0.2) is 11.1 Å². The van der Waals surface area contributed by atoms with E-state index in [-0.39, 0.29) is 6.42 Å². The summed E-state index contributed by atoms with van der Waals surface area (Å²) in [6.07, 6.45) is 2.78. The summed E-state index contributed by atoms with van der Waals surface area (Å²) < 4.78 is 0. The van der Waals surface area contributed by atoms with Crippen LogP contribution in [0, 0.1) is 16.0 Å². The molecule has 0 radical (unpaired) electrons. The summed E-state index contributed by atoms with van der Waals surface area (Å²) in [7, 11) is 0. The second-order valence-electron chi connectivity index (χ2n) is 2.74. The molecule has 0 saturated heterocycles. The molecular formula is C7H8ClNO3. The van der Waals surface area contributed by atoms with E-state index in [9.17, 15) is 14.9 Å². The van der Waals surface area contributed by atoms with Crippen LogP contribution in [0.2, 0.25) is 0 Å². The third-order valence-corrected chi connectivity index (χ3v) is 2.26. The molecule has 2 atom stereocenters. The van der Waals surface area contributed by atoms with E-state index in [1.165, 1.54) is 0 Å². The second kappa shape index (κ2) is 3.67. The number of carbonyl (C=O) groups excluding carboxylic acids is 1. The Hall–Kier alpha value is -0.900. The first-order chi connectivity index (χ1) is 5.65. The molecule has 1 rings (SSSR count). The van der Waals surface area contributed by atoms with Crippen LogP contribution in [0.25, 0.3) is 0 Å². The number of nitro groups is 1. The van der Waals surface area contributed by atoms with E-state index in [0.29, 0.717) is 17.7 Å². The van der Waals surface area contributed by atoms with Gasteiger partial charge in [0.25, 0.3) is 0 Å². The fourth-order valence-corrected chi connectivity index (χ4v) is 1.52. The number of hydrogen-bond donors (Lipinski definition) is 0. The van der Waals surface area contributed by atoms with E-state index < -0.39 is 16.9 Å². The van der Waals surface area contributed by atoms with Crippen molar-refractivity contribution in [2.75, 3.05) is 0 Å². The fourth-order valence-electron chi connectivity index (χ4n) is 1.25. The molecule has 0 aliphatic heterocycles. The van der Waals surface area contributed by atoms with E-state index >= 15 is 0 Å². The molecule has 0 heterocycles. The van der Waals surface area contributed by atoms with E-state index in [0.717, 1.165) is 0 Å². The van der Waals surface area contributed by atoms with Gasteiger partial charge in [0.05, 0.1) is 5.92 Å². The molecule has 4 nitrogen and oxygen atoms in total. The SMILES string of the molecule is O=CC1CC(Cl)=CCC1[N+](=O)[O-]. The van der Waals surface area contributed by atoms with Crippen molar-refractivity contribution in [1.29, 1.82) is 0 Å². The zero-order valence-electron chi connectivity index (χ0n) is 6.27. The van der Waals surface area contributed by atoms with Gasteiger partial charge in [0, 0.05) is 16.4 Å². The smallest absolute Gasteiger partial charge is 0.226 e. The van der Waals surface area contributed by atoms with Crippen LogP contribution in [0.3, 0.4) is 0 Å². The summed E-state index contributed by atoms with van der Waals surface area (Å²) in [6, 6.07) is -0.787. The van der Waals surface area contributed by atoms with Crippen LogP contribution >= 0.6 is 11.6 Å². The average molecular weight is 190 g/mol. The highest BCUT2D eigenvalue weighted by atomic mass is 35.5. The molecule has 2 unspecified atom stereocenters. The lowest BCUT2D eigenvalue weighted by Crippen LogP contribution is -2.32. The Morgan fingerprint density at radius 3 is 2.92 bits per heavy atom. The highest BCUT2D eigenvalue weighted by Gasteiger charge is 2.33. The van der Waals surface area contributed by atoms with Crippen LogP contribution in [0.5, 0.6) is 0 Å². The maximum absolute atomic E-state index is 10.4. The summed E-state index contributed by atoms with van der Waals surface area (Å²) in [5.41, 5.74) is 0. The van der Waals surface area contributed by atoms with Crippen molar-refractivity contribution >= 4 is 17.9 Å². The summed E-state index contributed by atoms with van der Waals surface area (Å²) >= 11 is 5.64. The third kappa shape index (κ3) is 1.82. The Kier molecular flexibility index (Phi) is 2.81. The van der Waals surface area contributed by atoms with Crippen molar-refractivity contribution in [3.8, 4) is 0 Å². The van der Waals surface area contributed by atoms with Gasteiger partial charge < -0.3 is 4.79 Å². The minimum atomic E-state index is -0.787. The van der Waals surface area contributed by atoms with Crippen molar-refractivity contribution in [2.24, 2.45) is 5.92 Å². The lowest BCUT2D eigenvalue weighted by atomic mass is 9.91. The van der Waals surface area contributed by atoms with Gasteiger partial charge in [-0.1, -0.05) is 17.7 Å². The van der Waals surface area contributed by atoms with E-state index in [1.807, 2.05) is 0 Å². The molecule has 12 heavy (non-hydrogen) atoms. The van der Waals surface area contributed by atoms with E-state index in [2.05, 4.69) is 0 Å². The van der Waals surface area contributed by atoms with Crippen molar-refractivity contribution in [1.82, 2.24) is 0 Å². The third-order valence-electron chi connectivity index (χ3n) is 1.95. The lowest BCUT2D eigenvalue weighted by molar-refractivity contribution is -0.528. The molecule has 5 heteroatoms. The quantitative estimate of drug-likeness (QED) is 0.374. The summed E-state index contributed by atoms with van der Waals surface area (Å²) in [6.45, 7) is 0. The summed E-state index contributed by atoms with van der Waals surface area (Å²) in [4.78, 5) is 20.4. The van der Waals surface area contributed by atoms with Crippen molar-refractivity contribution < 1.29 is 9.72 Å². The Morgan fingerprint density at radius 1 is 1.75 bits per heavy atom. The van der Waals surface area contributed by atoms with Gasteiger partial charge in [-0.25, -0.2) is 0 Å². The largest absolute Gasteiger partial charge is 0.303 e. The van der Waals surface area contributed by atoms with Gasteiger partial charge in [-0.3, -0.25) is 10.1 Å². The predicted molar refractivity (Wildman–Crippen MR) is 43.5 cm³/mol. The van der Waals surface area contributed by atoms with Crippen LogP contribution in [-0.2, 0) is 4.79 Å². The first-order valence-electron chi connectivity index (χ1n) is 3.58. The molecule has 0 amide bonds. The highest BCUT2D eigenvalue weighted by molar-refractivity contribution is 6.29. The number of hydrogen-bond acceptors (Lipinski definition) is 3. The van der Waals surface area contributed by atoms with Gasteiger partial charge in [-0.05, 0) is 6.42 Å². The molecule has 0 aromatic rings. The van der Waals surface area contributed by atoms with Gasteiger partial charge in [0.15, 0.2) is 0 Å². The molecule has 1 aliphatic rings. The molecular weight excluding hydrogens is 182 g/mol. The standard InChI is InChI=1S/C7H8ClNO3/c8-6-1-2-7(9(11)12)5(3-6)4-10/h1,4-5,7H,2-3H2. The van der Waals surface area contributed by atoms with Crippen molar-refractivity contribution in [3.63, 3.8) is 0 Å². The van der Waals surface area contributed by atoms with Gasteiger partial charge in [-0.15, -0.1) is 0 Å². The Balaban J connectivity index is 2.75. The minimum absolute atomic E-state index is 0.259. The number of halogens is 1. The number of allylic oxidation sites excluding steroid dienone is 1. The zero-order chi connectivity index (χ0) is 9.14. The van der Waals surface area contributed by atoms with Gasteiger partial charge >= 0.3 is 0 Å². The van der Waals surface area contributed by atoms with E-state index in [4.69, 9.17) is 11.6 Å². The molecule has 1 aliphatic carbocycles. The molecule has 0 aromatic carbocycles. The summed E-state index contributed by atoms with van der Waals surface area (Å²) in [5.74, 6) is -0.558. The van der Waals surface area contributed by atoms with Gasteiger partial charge in [-0.2, -0.15) is 0 Å². The maximum Gasteiger partial charge on any atom is 0.226 e. The normalized spacial score (nSPS) is 29.2. The monoisotopic (exact) mass is 189 g/mol. The zero-order valence-corrected chi connectivity index (χ0v) is 7.03. The second-order valence-corrected chi connectivity index (χ2v) is 3.23. The Bertz CT molecular complexity index is 239. The number of carbonyl (C=O) groups is 1. The van der Waals surface area contributed by atoms with Gasteiger partial charge in [0.1, 0.15) is 6.29 Å². The molecule has 0 aromatic heterocycles. The lowest BCUT2D eigenvalue weighted by Gasteiger charge is -2.18. The molecule has 0 saturated carbocycles. The van der Waals surface area contributed by atoms with Gasteiger partial charge in [0.2, 0.25) is 6.04 Å². The van der Waals surface area contributed by atoms with Crippen LogP contribution < -0.4 is 0 Å². The fraction of sp³-hybridized carbons (Fsp3) is 0.571. The number of rotatable bonds is 2. The number of nitrogens with zero attached hydrogens (tertiary/aromatic N) is 1. The molecule has 0 bridgehead atoms. The van der Waals surface area contributed by atoms with Crippen molar-refractivity contribution in [3.05, 3.63) is 21.2 Å². The molecule has 0 N–H and O–H groups in total. The number of aldehydes is 1. The topological polar surface area (TPSA) is 60.2 Å². The first-order valence-corrected chi connectivity index (χ1v) is 3.96. The predicted octanol–water partition coefficient (Wildman–Crippen LogP) is 1.36. The highest BCUT2D eigenvalue weighted by Crippen LogP contribution is 2.26. The molecule has 0 fully saturated rings. The first kappa shape index (κ1) is 9.19.